The first-order chi connectivity index (χ1) is 35.6. The molecule has 0 spiro atoms. The van der Waals surface area contributed by atoms with E-state index in [-0.39, 0.29) is 5.92 Å². The van der Waals surface area contributed by atoms with Crippen LogP contribution in [0.25, 0.3) is 115 Å². The molecule has 338 valence electrons. The molecule has 0 amide bonds. The molecule has 4 heterocycles. The number of para-hydroxylation sites is 3. The van der Waals surface area contributed by atoms with Gasteiger partial charge in [-0.25, -0.2) is 9.98 Å². The van der Waals surface area contributed by atoms with Crippen LogP contribution in [0.5, 0.6) is 0 Å². The number of benzene rings is 11. The molecular weight excluding hydrogens is 877 g/mol. The lowest BCUT2D eigenvalue weighted by Crippen LogP contribution is -2.19. The number of allylic oxidation sites excluding steroid dienone is 1. The van der Waals surface area contributed by atoms with Crippen molar-refractivity contribution in [2.45, 2.75) is 13.3 Å². The number of amidine groups is 1. The van der Waals surface area contributed by atoms with Crippen LogP contribution in [0.4, 0.5) is 0 Å². The maximum Gasteiger partial charge on any atom is 0.160 e. The second-order valence-corrected chi connectivity index (χ2v) is 19.3. The van der Waals surface area contributed by atoms with Crippen LogP contribution in [-0.4, -0.2) is 20.7 Å². The quantitative estimate of drug-likeness (QED) is 0.170. The fourth-order valence-electron chi connectivity index (χ4n) is 11.8. The summed E-state index contributed by atoms with van der Waals surface area (Å²) in [4.78, 5) is 11.8. The number of furan rings is 1. The number of nitrogens with zero attached hydrogens (tertiary/aromatic N) is 4. The first-order valence-corrected chi connectivity index (χ1v) is 24.9. The van der Waals surface area contributed by atoms with Crippen molar-refractivity contribution in [3.8, 4) is 11.4 Å². The van der Waals surface area contributed by atoms with Gasteiger partial charge < -0.3 is 13.6 Å². The van der Waals surface area contributed by atoms with Crippen LogP contribution in [0.1, 0.15) is 30.0 Å². The summed E-state index contributed by atoms with van der Waals surface area (Å²) in [6.45, 7) is 2.32. The van der Waals surface area contributed by atoms with Crippen molar-refractivity contribution in [3.05, 3.63) is 247 Å². The second kappa shape index (κ2) is 15.9. The van der Waals surface area contributed by atoms with Crippen molar-refractivity contribution >= 4 is 115 Å². The summed E-state index contributed by atoms with van der Waals surface area (Å²) in [5, 5.41) is 13.9. The molecule has 5 nitrogen and oxygen atoms in total. The number of aliphatic imine (C=N–C) groups is 2. The normalized spacial score (nSPS) is 15.2. The Balaban J connectivity index is 1.08. The third-order valence-electron chi connectivity index (χ3n) is 15.1. The van der Waals surface area contributed by atoms with Gasteiger partial charge in [0.1, 0.15) is 11.2 Å². The Labute approximate surface area is 414 Å². The molecule has 1 aliphatic heterocycles. The van der Waals surface area contributed by atoms with Crippen molar-refractivity contribution in [1.82, 2.24) is 9.13 Å². The molecule has 0 bridgehead atoms. The van der Waals surface area contributed by atoms with Gasteiger partial charge in [-0.2, -0.15) is 0 Å². The van der Waals surface area contributed by atoms with Crippen molar-refractivity contribution in [3.63, 3.8) is 0 Å². The van der Waals surface area contributed by atoms with Crippen LogP contribution in [0.2, 0.25) is 0 Å². The summed E-state index contributed by atoms with van der Waals surface area (Å²) in [5.41, 5.74) is 13.1. The van der Waals surface area contributed by atoms with Gasteiger partial charge in [0.15, 0.2) is 5.84 Å². The summed E-state index contributed by atoms with van der Waals surface area (Å²) in [6.07, 6.45) is 3.04. The molecule has 0 saturated carbocycles. The van der Waals surface area contributed by atoms with Gasteiger partial charge in [-0.15, -0.1) is 0 Å². The maximum absolute atomic E-state index is 7.17. The van der Waals surface area contributed by atoms with E-state index in [0.29, 0.717) is 12.3 Å². The monoisotopic (exact) mass is 920 g/mol. The van der Waals surface area contributed by atoms with Gasteiger partial charge in [0.25, 0.3) is 0 Å². The smallest absolute Gasteiger partial charge is 0.160 e. The van der Waals surface area contributed by atoms with Gasteiger partial charge >= 0.3 is 0 Å². The van der Waals surface area contributed by atoms with Crippen molar-refractivity contribution in [1.29, 1.82) is 0 Å². The maximum atomic E-state index is 7.17. The zero-order chi connectivity index (χ0) is 47.4. The highest BCUT2D eigenvalue weighted by Gasteiger charge is 2.29. The summed E-state index contributed by atoms with van der Waals surface area (Å²) >= 11 is 0. The van der Waals surface area contributed by atoms with E-state index in [9.17, 15) is 0 Å². The molecule has 72 heavy (non-hydrogen) atoms. The molecule has 0 saturated heterocycles. The van der Waals surface area contributed by atoms with E-state index in [1.165, 1.54) is 37.7 Å². The molecule has 1 atom stereocenters. The first kappa shape index (κ1) is 40.6. The zero-order valence-electron chi connectivity index (χ0n) is 39.4. The Bertz CT molecular complexity index is 4580. The Morgan fingerprint density at radius 1 is 0.431 bits per heavy atom. The highest BCUT2D eigenvalue weighted by molar-refractivity contribution is 6.27. The fraction of sp³-hybridized carbons (Fsp3) is 0.0448. The second-order valence-electron chi connectivity index (χ2n) is 19.3. The van der Waals surface area contributed by atoms with Crippen LogP contribution >= 0.6 is 0 Å². The van der Waals surface area contributed by atoms with Crippen LogP contribution in [0, 0.1) is 5.92 Å². The summed E-state index contributed by atoms with van der Waals surface area (Å²) in [5.74, 6) is 0.577. The Hall–Kier alpha value is -9.32. The third-order valence-corrected chi connectivity index (χ3v) is 15.1. The number of fused-ring (bicyclic) bond motifs is 12. The van der Waals surface area contributed by atoms with Gasteiger partial charge in [0.05, 0.1) is 44.7 Å². The molecular formula is C67H44N4O. The van der Waals surface area contributed by atoms with Gasteiger partial charge in [0, 0.05) is 55.0 Å². The van der Waals surface area contributed by atoms with Crippen LogP contribution in [-0.2, 0) is 0 Å². The predicted molar refractivity (Wildman–Crippen MR) is 303 cm³/mol. The van der Waals surface area contributed by atoms with Crippen molar-refractivity contribution < 1.29 is 4.42 Å². The van der Waals surface area contributed by atoms with E-state index in [4.69, 9.17) is 14.4 Å². The number of rotatable bonds is 5. The van der Waals surface area contributed by atoms with Crippen LogP contribution in [0.3, 0.4) is 0 Å². The Morgan fingerprint density at radius 2 is 1.01 bits per heavy atom. The molecule has 0 fully saturated rings. The third kappa shape index (κ3) is 6.14. The summed E-state index contributed by atoms with van der Waals surface area (Å²) < 4.78 is 12.0. The van der Waals surface area contributed by atoms with Gasteiger partial charge in [-0.05, 0) is 105 Å². The predicted octanol–water partition coefficient (Wildman–Crippen LogP) is 17.6. The molecule has 11 aromatic carbocycles. The minimum Gasteiger partial charge on any atom is -0.455 e. The van der Waals surface area contributed by atoms with Crippen LogP contribution < -0.4 is 0 Å². The van der Waals surface area contributed by atoms with E-state index >= 15 is 0 Å². The molecule has 0 radical (unpaired) electrons. The summed E-state index contributed by atoms with van der Waals surface area (Å²) in [7, 11) is 0. The van der Waals surface area contributed by atoms with Gasteiger partial charge in [0.2, 0.25) is 0 Å². The molecule has 15 rings (SSSR count). The highest BCUT2D eigenvalue weighted by atomic mass is 16.3. The molecule has 0 aliphatic carbocycles. The lowest BCUT2D eigenvalue weighted by molar-refractivity contribution is 0.666. The minimum absolute atomic E-state index is 0.0716. The van der Waals surface area contributed by atoms with E-state index in [2.05, 4.69) is 247 Å². The Morgan fingerprint density at radius 3 is 1.76 bits per heavy atom. The largest absolute Gasteiger partial charge is 0.455 e. The van der Waals surface area contributed by atoms with Crippen molar-refractivity contribution in [2.75, 3.05) is 0 Å². The van der Waals surface area contributed by atoms with E-state index in [1.54, 1.807) is 0 Å². The summed E-state index contributed by atoms with van der Waals surface area (Å²) in [6, 6.07) is 80.9. The molecule has 3 aromatic heterocycles. The fourth-order valence-corrected chi connectivity index (χ4v) is 11.8. The molecule has 14 aromatic rings. The van der Waals surface area contributed by atoms with E-state index in [1.807, 2.05) is 0 Å². The van der Waals surface area contributed by atoms with E-state index in [0.717, 1.165) is 99.6 Å². The van der Waals surface area contributed by atoms with Gasteiger partial charge in [-0.1, -0.05) is 171 Å². The SMILES string of the molecule is CC1C/C=C(\c2cccc3ccccc23)N=C(c2cccc3c2c2ccccc2n3-c2ccccc2)N=C1c1c(-n2c3cc4ccccc4cc3c3cc4ccccc4cc32)ccc2c1oc1ccccc12. The number of hydrogen-bond donors (Lipinski definition) is 0. The molecule has 1 unspecified atom stereocenters. The minimum atomic E-state index is -0.0716. The lowest BCUT2D eigenvalue weighted by Gasteiger charge is -2.22. The topological polar surface area (TPSA) is 47.7 Å². The molecule has 0 N–H and O–H groups in total. The first-order valence-electron chi connectivity index (χ1n) is 24.9. The average molecular weight is 921 g/mol. The molecule has 1 aliphatic rings. The van der Waals surface area contributed by atoms with Crippen LogP contribution in [0.15, 0.2) is 245 Å². The molecule has 5 heteroatoms. The standard InChI is InChI=1S/C67H44N4O/c1-41-33-35-56(49-28-15-22-42-17-9-10-25-48(42)49)68-67(53-29-16-31-58-63(53)52-27-11-13-30-57(52)70(58)47-23-3-2-4-24-47)69-65(41)64-59(36-34-51-50-26-12-14-32-62(50)72-66(51)64)71-60-39-45-20-7-5-18-43(45)37-54(60)55-38-44-19-6-8-21-46(44)40-61(55)71/h2-32,34-41H,33H2,1H3/b56-35+,68-67?,69-65?. The van der Waals surface area contributed by atoms with Gasteiger partial charge in [-0.3, -0.25) is 0 Å². The number of aromatic nitrogens is 2. The van der Waals surface area contributed by atoms with E-state index < -0.39 is 0 Å². The number of hydrogen-bond acceptors (Lipinski definition) is 3. The Kier molecular flexibility index (Phi) is 8.93. The average Bonchev–Trinajstić information content (AvgIpc) is 4.08. The van der Waals surface area contributed by atoms with Crippen molar-refractivity contribution in [2.24, 2.45) is 15.9 Å². The zero-order valence-corrected chi connectivity index (χ0v) is 39.4. The highest BCUT2D eigenvalue weighted by Crippen LogP contribution is 2.43. The lowest BCUT2D eigenvalue weighted by atomic mass is 9.90.